The van der Waals surface area contributed by atoms with Crippen LogP contribution in [0.2, 0.25) is 0 Å². The number of ether oxygens (including phenoxy) is 1. The minimum Gasteiger partial charge on any atom is -0.461 e. The van der Waals surface area contributed by atoms with Crippen LogP contribution in [0.1, 0.15) is 27.8 Å². The standard InChI is InChI=1S/C13H11NO4/c1-2-17-13(16)11-8-18-12(14-11)10-5-3-9(7-15)4-6-10/h3-8H,2H2,1H3. The summed E-state index contributed by atoms with van der Waals surface area (Å²) < 4.78 is 10.00. The molecular formula is C13H11NO4. The number of hydrogen-bond acceptors (Lipinski definition) is 5. The van der Waals surface area contributed by atoms with Crippen LogP contribution in [0.3, 0.4) is 0 Å². The molecule has 0 amide bonds. The Balaban J connectivity index is 2.23. The van der Waals surface area contributed by atoms with Gasteiger partial charge in [0.25, 0.3) is 0 Å². The Morgan fingerprint density at radius 3 is 2.72 bits per heavy atom. The van der Waals surface area contributed by atoms with Gasteiger partial charge in [-0.1, -0.05) is 12.1 Å². The molecule has 0 aliphatic carbocycles. The molecule has 18 heavy (non-hydrogen) atoms. The summed E-state index contributed by atoms with van der Waals surface area (Å²) >= 11 is 0. The van der Waals surface area contributed by atoms with E-state index in [0.29, 0.717) is 17.0 Å². The van der Waals surface area contributed by atoms with Crippen LogP contribution < -0.4 is 0 Å². The van der Waals surface area contributed by atoms with Crippen LogP contribution in [0.4, 0.5) is 0 Å². The fraction of sp³-hybridized carbons (Fsp3) is 0.154. The molecule has 0 N–H and O–H groups in total. The van der Waals surface area contributed by atoms with Crippen LogP contribution >= 0.6 is 0 Å². The molecule has 92 valence electrons. The predicted molar refractivity (Wildman–Crippen MR) is 63.3 cm³/mol. The van der Waals surface area contributed by atoms with E-state index in [1.165, 1.54) is 6.26 Å². The Hall–Kier alpha value is -2.43. The van der Waals surface area contributed by atoms with Crippen molar-refractivity contribution < 1.29 is 18.7 Å². The van der Waals surface area contributed by atoms with Gasteiger partial charge < -0.3 is 9.15 Å². The summed E-state index contributed by atoms with van der Waals surface area (Å²) in [5, 5.41) is 0. The van der Waals surface area contributed by atoms with E-state index >= 15 is 0 Å². The van der Waals surface area contributed by atoms with Gasteiger partial charge in [-0.15, -0.1) is 0 Å². The highest BCUT2D eigenvalue weighted by Crippen LogP contribution is 2.19. The Kier molecular flexibility index (Phi) is 3.52. The average molecular weight is 245 g/mol. The lowest BCUT2D eigenvalue weighted by atomic mass is 10.1. The molecule has 5 nitrogen and oxygen atoms in total. The van der Waals surface area contributed by atoms with Crippen LogP contribution in [0, 0.1) is 0 Å². The van der Waals surface area contributed by atoms with Gasteiger partial charge in [-0.3, -0.25) is 4.79 Å². The number of rotatable bonds is 4. The molecule has 0 bridgehead atoms. The molecule has 0 spiro atoms. The van der Waals surface area contributed by atoms with Gasteiger partial charge in [-0.05, 0) is 19.1 Å². The molecular weight excluding hydrogens is 234 g/mol. The highest BCUT2D eigenvalue weighted by atomic mass is 16.5. The number of aldehydes is 1. The Morgan fingerprint density at radius 2 is 2.11 bits per heavy atom. The van der Waals surface area contributed by atoms with E-state index in [1.807, 2.05) is 0 Å². The Bertz CT molecular complexity index is 557. The molecule has 0 radical (unpaired) electrons. The summed E-state index contributed by atoms with van der Waals surface area (Å²) in [6.07, 6.45) is 2.00. The number of benzene rings is 1. The molecule has 0 fully saturated rings. The minimum absolute atomic E-state index is 0.131. The van der Waals surface area contributed by atoms with Crippen LogP contribution in [-0.4, -0.2) is 23.8 Å². The van der Waals surface area contributed by atoms with Crippen LogP contribution in [-0.2, 0) is 4.74 Å². The molecule has 2 aromatic rings. The molecule has 0 saturated carbocycles. The van der Waals surface area contributed by atoms with Crippen LogP contribution in [0.15, 0.2) is 34.9 Å². The number of hydrogen-bond donors (Lipinski definition) is 0. The van der Waals surface area contributed by atoms with Crippen molar-refractivity contribution in [2.45, 2.75) is 6.92 Å². The zero-order chi connectivity index (χ0) is 13.0. The first kappa shape index (κ1) is 12.0. The lowest BCUT2D eigenvalue weighted by Crippen LogP contribution is -2.04. The molecule has 1 heterocycles. The fourth-order valence-corrected chi connectivity index (χ4v) is 1.41. The quantitative estimate of drug-likeness (QED) is 0.610. The summed E-state index contributed by atoms with van der Waals surface area (Å²) in [5.74, 6) is -0.201. The predicted octanol–water partition coefficient (Wildman–Crippen LogP) is 2.33. The van der Waals surface area contributed by atoms with Crippen molar-refractivity contribution in [1.29, 1.82) is 0 Å². The van der Waals surface area contributed by atoms with Gasteiger partial charge in [0.2, 0.25) is 5.89 Å². The monoisotopic (exact) mass is 245 g/mol. The third-order valence-corrected chi connectivity index (χ3v) is 2.28. The molecule has 5 heteroatoms. The zero-order valence-electron chi connectivity index (χ0n) is 9.75. The second kappa shape index (κ2) is 5.27. The molecule has 0 unspecified atom stereocenters. The second-order valence-corrected chi connectivity index (χ2v) is 3.50. The highest BCUT2D eigenvalue weighted by molar-refractivity contribution is 5.87. The number of oxazole rings is 1. The van der Waals surface area contributed by atoms with Crippen molar-refractivity contribution >= 4 is 12.3 Å². The van der Waals surface area contributed by atoms with E-state index < -0.39 is 5.97 Å². The van der Waals surface area contributed by atoms with E-state index in [4.69, 9.17) is 9.15 Å². The van der Waals surface area contributed by atoms with Gasteiger partial charge in [-0.2, -0.15) is 0 Å². The largest absolute Gasteiger partial charge is 0.461 e. The number of carbonyl (C=O) groups is 2. The maximum absolute atomic E-state index is 11.4. The van der Waals surface area contributed by atoms with E-state index in [9.17, 15) is 9.59 Å². The molecule has 1 aromatic carbocycles. The van der Waals surface area contributed by atoms with Gasteiger partial charge in [0.05, 0.1) is 6.61 Å². The van der Waals surface area contributed by atoms with Gasteiger partial charge in [0, 0.05) is 11.1 Å². The molecule has 1 aromatic heterocycles. The Morgan fingerprint density at radius 1 is 1.39 bits per heavy atom. The maximum atomic E-state index is 11.4. The first-order valence-electron chi connectivity index (χ1n) is 5.43. The first-order chi connectivity index (χ1) is 8.74. The summed E-state index contributed by atoms with van der Waals surface area (Å²) in [4.78, 5) is 25.9. The summed E-state index contributed by atoms with van der Waals surface area (Å²) in [5.41, 5.74) is 1.39. The van der Waals surface area contributed by atoms with Crippen molar-refractivity contribution in [1.82, 2.24) is 4.98 Å². The lowest BCUT2D eigenvalue weighted by molar-refractivity contribution is 0.0519. The highest BCUT2D eigenvalue weighted by Gasteiger charge is 2.13. The van der Waals surface area contributed by atoms with Gasteiger partial charge in [-0.25, -0.2) is 9.78 Å². The SMILES string of the molecule is CCOC(=O)c1coc(-c2ccc(C=O)cc2)n1. The van der Waals surface area contributed by atoms with E-state index in [-0.39, 0.29) is 12.3 Å². The van der Waals surface area contributed by atoms with Crippen LogP contribution in [0.5, 0.6) is 0 Å². The summed E-state index contributed by atoms with van der Waals surface area (Å²) in [6, 6.07) is 6.70. The molecule has 0 aliphatic heterocycles. The smallest absolute Gasteiger partial charge is 0.360 e. The molecule has 0 aliphatic rings. The van der Waals surface area contributed by atoms with Gasteiger partial charge in [0.15, 0.2) is 5.69 Å². The number of nitrogens with zero attached hydrogens (tertiary/aromatic N) is 1. The zero-order valence-corrected chi connectivity index (χ0v) is 9.75. The van der Waals surface area contributed by atoms with Gasteiger partial charge in [0.1, 0.15) is 12.5 Å². The Labute approximate surface area is 103 Å². The first-order valence-corrected chi connectivity index (χ1v) is 5.43. The third-order valence-electron chi connectivity index (χ3n) is 2.28. The second-order valence-electron chi connectivity index (χ2n) is 3.50. The number of carbonyl (C=O) groups excluding carboxylic acids is 2. The van der Waals surface area contributed by atoms with Crippen molar-refractivity contribution in [2.75, 3.05) is 6.61 Å². The minimum atomic E-state index is -0.517. The number of aromatic nitrogens is 1. The van der Waals surface area contributed by atoms with E-state index in [1.54, 1.807) is 31.2 Å². The van der Waals surface area contributed by atoms with Gasteiger partial charge >= 0.3 is 5.97 Å². The third kappa shape index (κ3) is 2.45. The average Bonchev–Trinajstić information content (AvgIpc) is 2.89. The normalized spacial score (nSPS) is 10.1. The molecule has 2 rings (SSSR count). The summed E-state index contributed by atoms with van der Waals surface area (Å²) in [7, 11) is 0. The van der Waals surface area contributed by atoms with Crippen molar-refractivity contribution in [3.63, 3.8) is 0 Å². The van der Waals surface area contributed by atoms with Crippen molar-refractivity contribution in [3.05, 3.63) is 41.8 Å². The topological polar surface area (TPSA) is 69.4 Å². The van der Waals surface area contributed by atoms with Crippen molar-refractivity contribution in [2.24, 2.45) is 0 Å². The van der Waals surface area contributed by atoms with E-state index in [2.05, 4.69) is 4.98 Å². The summed E-state index contributed by atoms with van der Waals surface area (Å²) in [6.45, 7) is 2.01. The molecule has 0 atom stereocenters. The van der Waals surface area contributed by atoms with Crippen LogP contribution in [0.25, 0.3) is 11.5 Å². The maximum Gasteiger partial charge on any atom is 0.360 e. The van der Waals surface area contributed by atoms with E-state index in [0.717, 1.165) is 6.29 Å². The number of esters is 1. The molecule has 0 saturated heterocycles. The fourth-order valence-electron chi connectivity index (χ4n) is 1.41. The lowest BCUT2D eigenvalue weighted by Gasteiger charge is -1.96. The van der Waals surface area contributed by atoms with Crippen molar-refractivity contribution in [3.8, 4) is 11.5 Å².